The van der Waals surface area contributed by atoms with E-state index in [1.54, 1.807) is 42.5 Å². The molecular formula is C28H26N4O5. The van der Waals surface area contributed by atoms with Crippen LogP contribution in [0.25, 0.3) is 0 Å². The van der Waals surface area contributed by atoms with Crippen molar-refractivity contribution in [2.24, 2.45) is 11.0 Å². The fourth-order valence-corrected chi connectivity index (χ4v) is 3.66. The highest BCUT2D eigenvalue weighted by Crippen LogP contribution is 2.32. The summed E-state index contributed by atoms with van der Waals surface area (Å²) in [5, 5.41) is 16.1. The first-order chi connectivity index (χ1) is 18.0. The lowest BCUT2D eigenvalue weighted by Gasteiger charge is -2.20. The molecule has 2 N–H and O–H groups in total. The standard InChI is InChI=1S/C28H26N4O5/c1-18(2)26(31-27(33)19-11-12-24-25(13-19)37-17-36-24)28(34)32-30-15-21-8-5-6-10-23(21)35-16-22-9-4-3-7-20(22)14-29/h3-13,15,18,26H,16-17H2,1-2H3,(H,31,33)(H,32,34)/b30-15+/t26-/m0/s1. The highest BCUT2D eigenvalue weighted by Gasteiger charge is 2.25. The van der Waals surface area contributed by atoms with Crippen molar-refractivity contribution in [3.63, 3.8) is 0 Å². The highest BCUT2D eigenvalue weighted by molar-refractivity contribution is 5.98. The molecule has 0 unspecified atom stereocenters. The van der Waals surface area contributed by atoms with Crippen molar-refractivity contribution in [3.8, 4) is 23.3 Å². The first kappa shape index (κ1) is 25.3. The number of hydrogen-bond acceptors (Lipinski definition) is 7. The van der Waals surface area contributed by atoms with Crippen molar-refractivity contribution >= 4 is 18.0 Å². The van der Waals surface area contributed by atoms with Crippen molar-refractivity contribution < 1.29 is 23.8 Å². The largest absolute Gasteiger partial charge is 0.488 e. The molecule has 9 nitrogen and oxygen atoms in total. The van der Waals surface area contributed by atoms with E-state index in [9.17, 15) is 14.9 Å². The van der Waals surface area contributed by atoms with Crippen LogP contribution in [0.1, 0.15) is 40.9 Å². The van der Waals surface area contributed by atoms with Crippen LogP contribution in [0.2, 0.25) is 0 Å². The summed E-state index contributed by atoms with van der Waals surface area (Å²) in [6.07, 6.45) is 1.47. The number of carbonyl (C=O) groups excluding carboxylic acids is 2. The minimum atomic E-state index is -0.816. The van der Waals surface area contributed by atoms with Crippen LogP contribution in [0.15, 0.2) is 71.8 Å². The third kappa shape index (κ3) is 6.24. The number of nitrogens with one attached hydrogen (secondary N) is 2. The summed E-state index contributed by atoms with van der Waals surface area (Å²) in [6.45, 7) is 3.98. The Hall–Kier alpha value is -4.84. The van der Waals surface area contributed by atoms with E-state index in [1.807, 2.05) is 38.1 Å². The second kappa shape index (κ2) is 11.7. The van der Waals surface area contributed by atoms with E-state index in [4.69, 9.17) is 14.2 Å². The van der Waals surface area contributed by atoms with Gasteiger partial charge in [0.1, 0.15) is 18.4 Å². The topological polar surface area (TPSA) is 122 Å². The fourth-order valence-electron chi connectivity index (χ4n) is 3.66. The van der Waals surface area contributed by atoms with E-state index < -0.39 is 17.9 Å². The van der Waals surface area contributed by atoms with Gasteiger partial charge in [0.15, 0.2) is 11.5 Å². The number of para-hydroxylation sites is 1. The lowest BCUT2D eigenvalue weighted by molar-refractivity contribution is -0.123. The van der Waals surface area contributed by atoms with Gasteiger partial charge in [0.05, 0.1) is 17.8 Å². The number of nitriles is 1. The van der Waals surface area contributed by atoms with E-state index in [0.717, 1.165) is 5.56 Å². The Morgan fingerprint density at radius 2 is 1.84 bits per heavy atom. The second-order valence-electron chi connectivity index (χ2n) is 8.59. The molecule has 0 bridgehead atoms. The summed E-state index contributed by atoms with van der Waals surface area (Å²) in [4.78, 5) is 25.6. The molecule has 4 rings (SSSR count). The number of hydrogen-bond donors (Lipinski definition) is 2. The minimum absolute atomic E-state index is 0.108. The summed E-state index contributed by atoms with van der Waals surface area (Å²) >= 11 is 0. The van der Waals surface area contributed by atoms with Crippen molar-refractivity contribution in [1.82, 2.24) is 10.7 Å². The first-order valence-electron chi connectivity index (χ1n) is 11.7. The molecule has 1 aliphatic heterocycles. The molecule has 1 heterocycles. The summed E-state index contributed by atoms with van der Waals surface area (Å²) < 4.78 is 16.5. The highest BCUT2D eigenvalue weighted by atomic mass is 16.7. The predicted molar refractivity (Wildman–Crippen MR) is 136 cm³/mol. The van der Waals surface area contributed by atoms with Crippen LogP contribution >= 0.6 is 0 Å². The molecule has 1 aliphatic rings. The summed E-state index contributed by atoms with van der Waals surface area (Å²) in [7, 11) is 0. The summed E-state index contributed by atoms with van der Waals surface area (Å²) in [5.74, 6) is 0.547. The molecule has 3 aromatic rings. The molecule has 0 saturated carbocycles. The summed E-state index contributed by atoms with van der Waals surface area (Å²) in [5.41, 5.74) is 4.81. The maximum Gasteiger partial charge on any atom is 0.262 e. The van der Waals surface area contributed by atoms with Gasteiger partial charge in [0, 0.05) is 16.7 Å². The van der Waals surface area contributed by atoms with Crippen molar-refractivity contribution in [1.29, 1.82) is 5.26 Å². The van der Waals surface area contributed by atoms with Gasteiger partial charge in [-0.15, -0.1) is 0 Å². The lowest BCUT2D eigenvalue weighted by atomic mass is 10.0. The molecular weight excluding hydrogens is 472 g/mol. The van der Waals surface area contributed by atoms with Crippen LogP contribution < -0.4 is 25.0 Å². The van der Waals surface area contributed by atoms with Crippen LogP contribution in [-0.4, -0.2) is 30.9 Å². The third-order valence-electron chi connectivity index (χ3n) is 5.69. The quantitative estimate of drug-likeness (QED) is 0.342. The van der Waals surface area contributed by atoms with Gasteiger partial charge in [-0.25, -0.2) is 5.43 Å². The second-order valence-corrected chi connectivity index (χ2v) is 8.59. The van der Waals surface area contributed by atoms with Gasteiger partial charge in [-0.05, 0) is 42.3 Å². The molecule has 0 spiro atoms. The number of benzene rings is 3. The van der Waals surface area contributed by atoms with Gasteiger partial charge in [-0.3, -0.25) is 9.59 Å². The van der Waals surface area contributed by atoms with Gasteiger partial charge in [-0.2, -0.15) is 10.4 Å². The van der Waals surface area contributed by atoms with Crippen molar-refractivity contribution in [2.75, 3.05) is 6.79 Å². The normalized spacial score (nSPS) is 12.7. The van der Waals surface area contributed by atoms with Gasteiger partial charge < -0.3 is 19.5 Å². The first-order valence-corrected chi connectivity index (χ1v) is 11.7. The van der Waals surface area contributed by atoms with Gasteiger partial charge in [0.2, 0.25) is 6.79 Å². The van der Waals surface area contributed by atoms with E-state index in [0.29, 0.717) is 33.9 Å². The number of amides is 2. The Morgan fingerprint density at radius 3 is 2.65 bits per heavy atom. The zero-order chi connectivity index (χ0) is 26.2. The number of rotatable bonds is 9. The van der Waals surface area contributed by atoms with Crippen molar-refractivity contribution in [2.45, 2.75) is 26.5 Å². The van der Waals surface area contributed by atoms with Gasteiger partial charge in [-0.1, -0.05) is 44.2 Å². The Bertz CT molecular complexity index is 1360. The SMILES string of the molecule is CC(C)[C@H](NC(=O)c1ccc2c(c1)OCO2)C(=O)N/N=C/c1ccccc1OCc1ccccc1C#N. The van der Waals surface area contributed by atoms with Crippen LogP contribution in [0.5, 0.6) is 17.2 Å². The maximum atomic E-state index is 12.8. The molecule has 0 aliphatic carbocycles. The third-order valence-corrected chi connectivity index (χ3v) is 5.69. The average Bonchev–Trinajstić information content (AvgIpc) is 3.39. The van der Waals surface area contributed by atoms with E-state index in [-0.39, 0.29) is 19.3 Å². The van der Waals surface area contributed by atoms with Gasteiger partial charge in [0.25, 0.3) is 11.8 Å². The molecule has 0 fully saturated rings. The molecule has 2 amide bonds. The van der Waals surface area contributed by atoms with E-state index in [1.165, 1.54) is 6.21 Å². The smallest absolute Gasteiger partial charge is 0.262 e. The van der Waals surface area contributed by atoms with Gasteiger partial charge >= 0.3 is 0 Å². The molecule has 3 aromatic carbocycles. The summed E-state index contributed by atoms with van der Waals surface area (Å²) in [6, 6.07) is 20.6. The zero-order valence-corrected chi connectivity index (χ0v) is 20.4. The van der Waals surface area contributed by atoms with E-state index >= 15 is 0 Å². The maximum absolute atomic E-state index is 12.8. The van der Waals surface area contributed by atoms with E-state index in [2.05, 4.69) is 21.9 Å². The molecule has 0 aromatic heterocycles. The Balaban J connectivity index is 1.38. The molecule has 37 heavy (non-hydrogen) atoms. The molecule has 188 valence electrons. The van der Waals surface area contributed by atoms with Crippen LogP contribution in [0.4, 0.5) is 0 Å². The number of nitrogens with zero attached hydrogens (tertiary/aromatic N) is 2. The van der Waals surface area contributed by atoms with Crippen molar-refractivity contribution in [3.05, 3.63) is 89.0 Å². The zero-order valence-electron chi connectivity index (χ0n) is 20.4. The Morgan fingerprint density at radius 1 is 1.08 bits per heavy atom. The van der Waals surface area contributed by atoms with Crippen LogP contribution in [0.3, 0.4) is 0 Å². The number of fused-ring (bicyclic) bond motifs is 1. The number of carbonyl (C=O) groups is 2. The molecule has 0 radical (unpaired) electrons. The molecule has 9 heteroatoms. The average molecular weight is 499 g/mol. The van der Waals surface area contributed by atoms with Crippen LogP contribution in [0, 0.1) is 17.2 Å². The number of ether oxygens (including phenoxy) is 3. The van der Waals surface area contributed by atoms with Crippen LogP contribution in [-0.2, 0) is 11.4 Å². The predicted octanol–water partition coefficient (Wildman–Crippen LogP) is 3.77. The Labute approximate surface area is 214 Å². The molecule has 1 atom stereocenters. The Kier molecular flexibility index (Phi) is 8.01. The monoisotopic (exact) mass is 498 g/mol. The number of hydrazone groups is 1. The lowest BCUT2D eigenvalue weighted by Crippen LogP contribution is -2.48. The molecule has 0 saturated heterocycles. The minimum Gasteiger partial charge on any atom is -0.488 e. The fraction of sp³-hybridized carbons (Fsp3) is 0.214.